The van der Waals surface area contributed by atoms with Gasteiger partial charge < -0.3 is 20.5 Å². The molecule has 0 bridgehead atoms. The largest absolute Gasteiger partial charge is 0.497 e. The number of hydrogen-bond donors (Lipinski definition) is 2. The van der Waals surface area contributed by atoms with Crippen molar-refractivity contribution in [3.8, 4) is 11.5 Å². The lowest BCUT2D eigenvalue weighted by atomic mass is 9.96. The second-order valence-corrected chi connectivity index (χ2v) is 5.46. The van der Waals surface area contributed by atoms with Crippen molar-refractivity contribution in [2.75, 3.05) is 20.8 Å². The minimum absolute atomic E-state index is 0.0101. The smallest absolute Gasteiger partial charge is 0.224 e. The summed E-state index contributed by atoms with van der Waals surface area (Å²) in [6, 6.07) is 5.53. The first-order valence-electron chi connectivity index (χ1n) is 7.20. The van der Waals surface area contributed by atoms with Gasteiger partial charge in [-0.2, -0.15) is 0 Å². The summed E-state index contributed by atoms with van der Waals surface area (Å²) in [5.74, 6) is 1.71. The summed E-state index contributed by atoms with van der Waals surface area (Å²) >= 11 is 0. The number of nitrogens with one attached hydrogen (secondary N) is 1. The van der Waals surface area contributed by atoms with E-state index in [0.29, 0.717) is 24.8 Å². The van der Waals surface area contributed by atoms with Crippen molar-refractivity contribution in [2.45, 2.75) is 26.8 Å². The Morgan fingerprint density at radius 1 is 1.29 bits per heavy atom. The SMILES string of the molecule is COc1ccc(CNC(=O)C(CN)CC(C)C)c(OC)c1. The van der Waals surface area contributed by atoms with Gasteiger partial charge in [-0.05, 0) is 24.5 Å². The van der Waals surface area contributed by atoms with Gasteiger partial charge in [-0.3, -0.25) is 4.79 Å². The fourth-order valence-electron chi connectivity index (χ4n) is 2.20. The Hall–Kier alpha value is -1.75. The third-order valence-corrected chi connectivity index (χ3v) is 3.36. The Balaban J connectivity index is 2.67. The van der Waals surface area contributed by atoms with Gasteiger partial charge in [-0.1, -0.05) is 13.8 Å². The van der Waals surface area contributed by atoms with Crippen LogP contribution in [0.15, 0.2) is 18.2 Å². The molecule has 1 amide bonds. The number of benzene rings is 1. The van der Waals surface area contributed by atoms with Gasteiger partial charge in [0, 0.05) is 24.7 Å². The van der Waals surface area contributed by atoms with Gasteiger partial charge in [0.25, 0.3) is 0 Å². The van der Waals surface area contributed by atoms with Crippen molar-refractivity contribution in [2.24, 2.45) is 17.6 Å². The van der Waals surface area contributed by atoms with E-state index in [2.05, 4.69) is 19.2 Å². The maximum absolute atomic E-state index is 12.1. The summed E-state index contributed by atoms with van der Waals surface area (Å²) in [7, 11) is 3.20. The van der Waals surface area contributed by atoms with E-state index in [4.69, 9.17) is 15.2 Å². The molecule has 5 nitrogen and oxygen atoms in total. The summed E-state index contributed by atoms with van der Waals surface area (Å²) in [6.45, 7) is 4.95. The fourth-order valence-corrected chi connectivity index (χ4v) is 2.20. The molecule has 0 aliphatic heterocycles. The van der Waals surface area contributed by atoms with Crippen molar-refractivity contribution in [1.29, 1.82) is 0 Å². The minimum atomic E-state index is -0.144. The van der Waals surface area contributed by atoms with Crippen molar-refractivity contribution in [3.63, 3.8) is 0 Å². The molecule has 0 aliphatic rings. The maximum atomic E-state index is 12.1. The van der Waals surface area contributed by atoms with E-state index in [1.165, 1.54) is 0 Å². The molecule has 0 fully saturated rings. The lowest BCUT2D eigenvalue weighted by Crippen LogP contribution is -2.35. The average molecular weight is 294 g/mol. The highest BCUT2D eigenvalue weighted by Crippen LogP contribution is 2.24. The zero-order chi connectivity index (χ0) is 15.8. The zero-order valence-corrected chi connectivity index (χ0v) is 13.3. The summed E-state index contributed by atoms with van der Waals surface area (Å²) in [5.41, 5.74) is 6.59. The fraction of sp³-hybridized carbons (Fsp3) is 0.562. The molecule has 1 aromatic rings. The third-order valence-electron chi connectivity index (χ3n) is 3.36. The highest BCUT2D eigenvalue weighted by Gasteiger charge is 2.18. The van der Waals surface area contributed by atoms with E-state index in [9.17, 15) is 4.79 Å². The third kappa shape index (κ3) is 5.27. The molecule has 118 valence electrons. The Labute approximate surface area is 126 Å². The monoisotopic (exact) mass is 294 g/mol. The number of carbonyl (C=O) groups is 1. The zero-order valence-electron chi connectivity index (χ0n) is 13.3. The Bertz CT molecular complexity index is 461. The Kier molecular flexibility index (Phi) is 7.02. The predicted octanol–water partition coefficient (Wildman–Crippen LogP) is 1.94. The van der Waals surface area contributed by atoms with Crippen LogP contribution in [0.1, 0.15) is 25.8 Å². The van der Waals surface area contributed by atoms with Crippen LogP contribution in [0.2, 0.25) is 0 Å². The summed E-state index contributed by atoms with van der Waals surface area (Å²) in [5, 5.41) is 2.93. The number of amides is 1. The molecule has 1 unspecified atom stereocenters. The first kappa shape index (κ1) is 17.3. The van der Waals surface area contributed by atoms with Crippen LogP contribution in [0.4, 0.5) is 0 Å². The number of ether oxygens (including phenoxy) is 2. The van der Waals surface area contributed by atoms with E-state index in [1.807, 2.05) is 12.1 Å². The highest BCUT2D eigenvalue weighted by molar-refractivity contribution is 5.78. The molecule has 3 N–H and O–H groups in total. The second kappa shape index (κ2) is 8.52. The molecule has 0 spiro atoms. The number of methoxy groups -OCH3 is 2. The second-order valence-electron chi connectivity index (χ2n) is 5.46. The molecule has 0 heterocycles. The molecule has 1 aromatic carbocycles. The predicted molar refractivity (Wildman–Crippen MR) is 83.4 cm³/mol. The van der Waals surface area contributed by atoms with Gasteiger partial charge in [0.05, 0.1) is 20.1 Å². The molecule has 5 heteroatoms. The Morgan fingerprint density at radius 3 is 2.52 bits per heavy atom. The maximum Gasteiger partial charge on any atom is 0.224 e. The minimum Gasteiger partial charge on any atom is -0.497 e. The first-order valence-corrected chi connectivity index (χ1v) is 7.20. The average Bonchev–Trinajstić information content (AvgIpc) is 2.49. The topological polar surface area (TPSA) is 73.6 Å². The number of rotatable bonds is 8. The lowest BCUT2D eigenvalue weighted by Gasteiger charge is -2.17. The number of hydrogen-bond acceptors (Lipinski definition) is 4. The van der Waals surface area contributed by atoms with E-state index in [0.717, 1.165) is 17.7 Å². The van der Waals surface area contributed by atoms with Crippen LogP contribution >= 0.6 is 0 Å². The summed E-state index contributed by atoms with van der Waals surface area (Å²) < 4.78 is 10.5. The molecule has 0 saturated carbocycles. The Morgan fingerprint density at radius 2 is 2.00 bits per heavy atom. The number of carbonyl (C=O) groups excluding carboxylic acids is 1. The quantitative estimate of drug-likeness (QED) is 0.768. The standard InChI is InChI=1S/C16H26N2O3/c1-11(2)7-13(9-17)16(19)18-10-12-5-6-14(20-3)8-15(12)21-4/h5-6,8,11,13H,7,9-10,17H2,1-4H3,(H,18,19). The van der Waals surface area contributed by atoms with E-state index < -0.39 is 0 Å². The number of nitrogens with two attached hydrogens (primary N) is 1. The van der Waals surface area contributed by atoms with Crippen LogP contribution in [-0.2, 0) is 11.3 Å². The molecule has 1 atom stereocenters. The molecule has 0 aromatic heterocycles. The van der Waals surface area contributed by atoms with Gasteiger partial charge in [-0.15, -0.1) is 0 Å². The van der Waals surface area contributed by atoms with Crippen molar-refractivity contribution >= 4 is 5.91 Å². The van der Waals surface area contributed by atoms with Crippen LogP contribution < -0.4 is 20.5 Å². The first-order chi connectivity index (χ1) is 10.0. The molecule has 21 heavy (non-hydrogen) atoms. The van der Waals surface area contributed by atoms with Crippen LogP contribution in [0.25, 0.3) is 0 Å². The summed E-state index contributed by atoms with van der Waals surface area (Å²) in [4.78, 5) is 12.1. The van der Waals surface area contributed by atoms with Gasteiger partial charge in [0.15, 0.2) is 0 Å². The van der Waals surface area contributed by atoms with Crippen molar-refractivity contribution in [3.05, 3.63) is 23.8 Å². The molecular formula is C16H26N2O3. The normalized spacial score (nSPS) is 12.1. The van der Waals surface area contributed by atoms with Crippen LogP contribution in [0.3, 0.4) is 0 Å². The highest BCUT2D eigenvalue weighted by atomic mass is 16.5. The molecule has 1 rings (SSSR count). The van der Waals surface area contributed by atoms with E-state index >= 15 is 0 Å². The van der Waals surface area contributed by atoms with E-state index in [1.54, 1.807) is 20.3 Å². The van der Waals surface area contributed by atoms with Crippen molar-refractivity contribution < 1.29 is 14.3 Å². The van der Waals surface area contributed by atoms with Gasteiger partial charge in [-0.25, -0.2) is 0 Å². The van der Waals surface area contributed by atoms with Crippen LogP contribution in [0.5, 0.6) is 11.5 Å². The van der Waals surface area contributed by atoms with Crippen molar-refractivity contribution in [1.82, 2.24) is 5.32 Å². The molecular weight excluding hydrogens is 268 g/mol. The molecule has 0 aliphatic carbocycles. The lowest BCUT2D eigenvalue weighted by molar-refractivity contribution is -0.125. The van der Waals surface area contributed by atoms with Crippen LogP contribution in [-0.4, -0.2) is 26.7 Å². The van der Waals surface area contributed by atoms with Gasteiger partial charge in [0.2, 0.25) is 5.91 Å². The molecule has 0 radical (unpaired) electrons. The van der Waals surface area contributed by atoms with E-state index in [-0.39, 0.29) is 11.8 Å². The molecule has 0 saturated heterocycles. The van der Waals surface area contributed by atoms with Crippen LogP contribution in [0, 0.1) is 11.8 Å². The van der Waals surface area contributed by atoms with Gasteiger partial charge in [0.1, 0.15) is 11.5 Å². The summed E-state index contributed by atoms with van der Waals surface area (Å²) in [6.07, 6.45) is 0.794. The van der Waals surface area contributed by atoms with Gasteiger partial charge >= 0.3 is 0 Å².